The van der Waals surface area contributed by atoms with E-state index in [1.54, 1.807) is 18.2 Å². The minimum Gasteiger partial charge on any atom is -0.478 e. The summed E-state index contributed by atoms with van der Waals surface area (Å²) in [6, 6.07) is 13.7. The molecule has 2 aromatic carbocycles. The highest BCUT2D eigenvalue weighted by Crippen LogP contribution is 2.18. The molecular formula is C15H13ClO3S. The standard InChI is InChI=1S/C15H13ClO3S/c16-14-4-2-1-3-13(14)10-20(19)9-11-5-7-12(8-6-11)15(17)18/h1-8H,9-10H2,(H,17,18). The molecule has 5 heteroatoms. The molecule has 1 atom stereocenters. The molecule has 104 valence electrons. The number of hydrogen-bond acceptors (Lipinski definition) is 2. The highest BCUT2D eigenvalue weighted by atomic mass is 35.5. The third-order valence-electron chi connectivity index (χ3n) is 2.80. The Bertz CT molecular complexity index is 638. The molecule has 0 aliphatic carbocycles. The topological polar surface area (TPSA) is 54.4 Å². The van der Waals surface area contributed by atoms with Gasteiger partial charge in [-0.1, -0.05) is 41.9 Å². The van der Waals surface area contributed by atoms with E-state index in [1.165, 1.54) is 12.1 Å². The number of carbonyl (C=O) groups is 1. The van der Waals surface area contributed by atoms with Gasteiger partial charge in [0.25, 0.3) is 0 Å². The van der Waals surface area contributed by atoms with Gasteiger partial charge in [-0.15, -0.1) is 0 Å². The van der Waals surface area contributed by atoms with Crippen LogP contribution in [0, 0.1) is 0 Å². The van der Waals surface area contributed by atoms with Gasteiger partial charge < -0.3 is 5.11 Å². The Hall–Kier alpha value is -1.65. The molecule has 20 heavy (non-hydrogen) atoms. The first-order chi connectivity index (χ1) is 9.56. The van der Waals surface area contributed by atoms with E-state index in [2.05, 4.69) is 0 Å². The number of carboxylic acid groups (broad SMARTS) is 1. The number of hydrogen-bond donors (Lipinski definition) is 1. The summed E-state index contributed by atoms with van der Waals surface area (Å²) in [5.74, 6) is -0.195. The van der Waals surface area contributed by atoms with Crippen LogP contribution in [0.25, 0.3) is 0 Å². The normalized spacial score (nSPS) is 12.1. The molecular weight excluding hydrogens is 296 g/mol. The molecule has 0 fully saturated rings. The van der Waals surface area contributed by atoms with Gasteiger partial charge in [0.1, 0.15) is 0 Å². The van der Waals surface area contributed by atoms with E-state index >= 15 is 0 Å². The molecule has 0 amide bonds. The lowest BCUT2D eigenvalue weighted by Crippen LogP contribution is -2.01. The Morgan fingerprint density at radius 3 is 2.30 bits per heavy atom. The number of halogens is 1. The van der Waals surface area contributed by atoms with Crippen LogP contribution in [0.2, 0.25) is 5.02 Å². The van der Waals surface area contributed by atoms with Gasteiger partial charge in [-0.2, -0.15) is 0 Å². The van der Waals surface area contributed by atoms with Crippen LogP contribution in [0.4, 0.5) is 0 Å². The largest absolute Gasteiger partial charge is 0.478 e. The lowest BCUT2D eigenvalue weighted by atomic mass is 10.1. The van der Waals surface area contributed by atoms with E-state index in [9.17, 15) is 9.00 Å². The van der Waals surface area contributed by atoms with Gasteiger partial charge in [-0.25, -0.2) is 4.79 Å². The summed E-state index contributed by atoms with van der Waals surface area (Å²) in [6.07, 6.45) is 0. The Morgan fingerprint density at radius 2 is 1.70 bits per heavy atom. The Balaban J connectivity index is 2.01. The zero-order valence-corrected chi connectivity index (χ0v) is 12.2. The lowest BCUT2D eigenvalue weighted by Gasteiger charge is -2.05. The highest BCUT2D eigenvalue weighted by Gasteiger charge is 2.07. The Morgan fingerprint density at radius 1 is 1.05 bits per heavy atom. The van der Waals surface area contributed by atoms with Gasteiger partial charge in [0.2, 0.25) is 0 Å². The van der Waals surface area contributed by atoms with Gasteiger partial charge in [-0.05, 0) is 29.3 Å². The number of aromatic carboxylic acids is 1. The van der Waals surface area contributed by atoms with Crippen LogP contribution in [0.1, 0.15) is 21.5 Å². The average molecular weight is 309 g/mol. The molecule has 0 saturated heterocycles. The van der Waals surface area contributed by atoms with Gasteiger partial charge >= 0.3 is 5.97 Å². The molecule has 0 heterocycles. The summed E-state index contributed by atoms with van der Waals surface area (Å²) in [7, 11) is -1.08. The second kappa shape index (κ2) is 6.68. The molecule has 0 bridgehead atoms. The molecule has 0 saturated carbocycles. The molecule has 0 aliphatic rings. The van der Waals surface area contributed by atoms with Crippen molar-refractivity contribution in [2.75, 3.05) is 0 Å². The monoisotopic (exact) mass is 308 g/mol. The van der Waals surface area contributed by atoms with E-state index < -0.39 is 16.8 Å². The molecule has 0 aromatic heterocycles. The van der Waals surface area contributed by atoms with Crippen molar-refractivity contribution in [2.24, 2.45) is 0 Å². The minimum atomic E-state index is -1.08. The van der Waals surface area contributed by atoms with Crippen molar-refractivity contribution in [1.82, 2.24) is 0 Å². The molecule has 2 rings (SSSR count). The van der Waals surface area contributed by atoms with Gasteiger partial charge in [0, 0.05) is 21.6 Å². The van der Waals surface area contributed by atoms with E-state index in [-0.39, 0.29) is 5.56 Å². The van der Waals surface area contributed by atoms with Crippen LogP contribution in [0.5, 0.6) is 0 Å². The first kappa shape index (κ1) is 14.8. The highest BCUT2D eigenvalue weighted by molar-refractivity contribution is 7.83. The van der Waals surface area contributed by atoms with Crippen molar-refractivity contribution in [3.63, 3.8) is 0 Å². The lowest BCUT2D eigenvalue weighted by molar-refractivity contribution is 0.0697. The minimum absolute atomic E-state index is 0.227. The van der Waals surface area contributed by atoms with Crippen molar-refractivity contribution >= 4 is 28.4 Å². The zero-order valence-electron chi connectivity index (χ0n) is 10.6. The van der Waals surface area contributed by atoms with Gasteiger partial charge in [0.05, 0.1) is 11.3 Å². The fourth-order valence-corrected chi connectivity index (χ4v) is 3.32. The average Bonchev–Trinajstić information content (AvgIpc) is 2.42. The summed E-state index contributed by atoms with van der Waals surface area (Å²) in [5, 5.41) is 9.42. The van der Waals surface area contributed by atoms with Crippen LogP contribution >= 0.6 is 11.6 Å². The van der Waals surface area contributed by atoms with Crippen molar-refractivity contribution in [3.05, 3.63) is 70.2 Å². The summed E-state index contributed by atoms with van der Waals surface area (Å²) in [6.45, 7) is 0. The first-order valence-corrected chi connectivity index (χ1v) is 7.83. The second-order valence-electron chi connectivity index (χ2n) is 4.32. The van der Waals surface area contributed by atoms with Crippen LogP contribution in [0.15, 0.2) is 48.5 Å². The fourth-order valence-electron chi connectivity index (χ4n) is 1.77. The first-order valence-electron chi connectivity index (χ1n) is 5.97. The Labute approximate surface area is 124 Å². The Kier molecular flexibility index (Phi) is 4.93. The summed E-state index contributed by atoms with van der Waals surface area (Å²) < 4.78 is 12.1. The summed E-state index contributed by atoms with van der Waals surface area (Å²) in [5.41, 5.74) is 1.93. The number of benzene rings is 2. The molecule has 3 nitrogen and oxygen atoms in total. The maximum absolute atomic E-state index is 12.1. The van der Waals surface area contributed by atoms with Crippen LogP contribution in [-0.4, -0.2) is 15.3 Å². The quantitative estimate of drug-likeness (QED) is 0.920. The molecule has 0 aliphatic heterocycles. The van der Waals surface area contributed by atoms with Crippen molar-refractivity contribution in [2.45, 2.75) is 11.5 Å². The maximum atomic E-state index is 12.1. The van der Waals surface area contributed by atoms with E-state index in [0.717, 1.165) is 11.1 Å². The van der Waals surface area contributed by atoms with Crippen LogP contribution < -0.4 is 0 Å². The predicted octanol–water partition coefficient (Wildman–Crippen LogP) is 3.49. The molecule has 1 unspecified atom stereocenters. The van der Waals surface area contributed by atoms with Crippen molar-refractivity contribution in [1.29, 1.82) is 0 Å². The smallest absolute Gasteiger partial charge is 0.335 e. The molecule has 0 spiro atoms. The maximum Gasteiger partial charge on any atom is 0.335 e. The van der Waals surface area contributed by atoms with Crippen molar-refractivity contribution in [3.8, 4) is 0 Å². The van der Waals surface area contributed by atoms with E-state index in [4.69, 9.17) is 16.7 Å². The van der Waals surface area contributed by atoms with Crippen LogP contribution in [-0.2, 0) is 22.3 Å². The molecule has 1 N–H and O–H groups in total. The number of carboxylic acids is 1. The third kappa shape index (κ3) is 3.92. The fraction of sp³-hybridized carbons (Fsp3) is 0.133. The van der Waals surface area contributed by atoms with Crippen LogP contribution in [0.3, 0.4) is 0 Å². The van der Waals surface area contributed by atoms with E-state index in [1.807, 2.05) is 18.2 Å². The second-order valence-corrected chi connectivity index (χ2v) is 6.19. The zero-order chi connectivity index (χ0) is 14.5. The third-order valence-corrected chi connectivity index (χ3v) is 4.46. The van der Waals surface area contributed by atoms with Gasteiger partial charge in [-0.3, -0.25) is 4.21 Å². The number of rotatable bonds is 5. The summed E-state index contributed by atoms with van der Waals surface area (Å²) >= 11 is 6.03. The molecule has 0 radical (unpaired) electrons. The van der Waals surface area contributed by atoms with Crippen molar-refractivity contribution < 1.29 is 14.1 Å². The SMILES string of the molecule is O=C(O)c1ccc(CS(=O)Cc2ccccc2Cl)cc1. The van der Waals surface area contributed by atoms with Gasteiger partial charge in [0.15, 0.2) is 0 Å². The predicted molar refractivity (Wildman–Crippen MR) is 80.4 cm³/mol. The van der Waals surface area contributed by atoms with E-state index in [0.29, 0.717) is 16.5 Å². The molecule has 2 aromatic rings. The summed E-state index contributed by atoms with van der Waals surface area (Å²) in [4.78, 5) is 10.7.